The first-order chi connectivity index (χ1) is 20.3. The summed E-state index contributed by atoms with van der Waals surface area (Å²) in [7, 11) is 0. The van der Waals surface area contributed by atoms with E-state index < -0.39 is 5.97 Å². The number of hydrogen-bond donors (Lipinski definition) is 2. The number of nitrogens with zero attached hydrogens (tertiary/aromatic N) is 5. The molecule has 11 nitrogen and oxygen atoms in total. The van der Waals surface area contributed by atoms with Gasteiger partial charge in [-0.1, -0.05) is 34.5 Å². The standard InChI is InChI=1S/C28H35Cl2N7O4S/c1-4-40-19-15-37(12-9-17(19)34-26(38)24-22(30)21(29)16(3)33-24)28-35-23(25(42-28)27(39)41-5-2)18-13-32-20(14-31-18)36-10-7-6-8-11-36/h13-14,17,19,33H,4-12,15H2,1-3H3,(H,34,38). The van der Waals surface area contributed by atoms with Crippen LogP contribution < -0.4 is 15.1 Å². The Morgan fingerprint density at radius 1 is 1.07 bits per heavy atom. The summed E-state index contributed by atoms with van der Waals surface area (Å²) in [4.78, 5) is 47.8. The van der Waals surface area contributed by atoms with E-state index in [4.69, 9.17) is 37.7 Å². The summed E-state index contributed by atoms with van der Waals surface area (Å²) < 4.78 is 11.4. The van der Waals surface area contributed by atoms with Gasteiger partial charge in [0.2, 0.25) is 0 Å². The van der Waals surface area contributed by atoms with E-state index in [1.807, 2.05) is 6.92 Å². The van der Waals surface area contributed by atoms with Crippen molar-refractivity contribution in [1.29, 1.82) is 0 Å². The van der Waals surface area contributed by atoms with Crippen molar-refractivity contribution in [1.82, 2.24) is 25.3 Å². The number of aryl methyl sites for hydroxylation is 1. The molecule has 14 heteroatoms. The molecule has 0 aliphatic carbocycles. The highest BCUT2D eigenvalue weighted by molar-refractivity contribution is 7.17. The Bertz CT molecular complexity index is 1410. The Balaban J connectivity index is 1.35. The number of esters is 1. The number of aromatic amines is 1. The van der Waals surface area contributed by atoms with E-state index in [1.165, 1.54) is 17.8 Å². The maximum atomic E-state index is 13.0. The predicted octanol–water partition coefficient (Wildman–Crippen LogP) is 5.12. The molecule has 3 aromatic rings. The van der Waals surface area contributed by atoms with Crippen LogP contribution in [0.3, 0.4) is 0 Å². The van der Waals surface area contributed by atoms with Crippen molar-refractivity contribution in [2.24, 2.45) is 0 Å². The van der Waals surface area contributed by atoms with Gasteiger partial charge in [0.05, 0.1) is 41.2 Å². The van der Waals surface area contributed by atoms with Crippen LogP contribution in [0.2, 0.25) is 10.0 Å². The molecule has 2 N–H and O–H groups in total. The van der Waals surface area contributed by atoms with Crippen LogP contribution in [0.4, 0.5) is 10.9 Å². The molecular formula is C28H35Cl2N7O4S. The molecular weight excluding hydrogens is 601 g/mol. The fourth-order valence-corrected chi connectivity index (χ4v) is 6.71. The van der Waals surface area contributed by atoms with Gasteiger partial charge in [0.1, 0.15) is 27.8 Å². The van der Waals surface area contributed by atoms with Crippen LogP contribution in [0.15, 0.2) is 12.4 Å². The molecule has 2 aliphatic rings. The number of ether oxygens (including phenoxy) is 2. The van der Waals surface area contributed by atoms with Crippen molar-refractivity contribution in [3.05, 3.63) is 38.7 Å². The zero-order valence-corrected chi connectivity index (χ0v) is 26.2. The average Bonchev–Trinajstić information content (AvgIpc) is 3.56. The fraction of sp³-hybridized carbons (Fsp3) is 0.536. The van der Waals surface area contributed by atoms with E-state index in [-0.39, 0.29) is 35.4 Å². The third-order valence-corrected chi connectivity index (χ3v) is 9.49. The number of aromatic nitrogens is 4. The monoisotopic (exact) mass is 635 g/mol. The summed E-state index contributed by atoms with van der Waals surface area (Å²) in [5.74, 6) is 0.0395. The lowest BCUT2D eigenvalue weighted by molar-refractivity contribution is 0.0272. The summed E-state index contributed by atoms with van der Waals surface area (Å²) in [6.45, 7) is 9.13. The van der Waals surface area contributed by atoms with E-state index in [9.17, 15) is 9.59 Å². The molecule has 1 amide bonds. The summed E-state index contributed by atoms with van der Waals surface area (Å²) in [5.41, 5.74) is 1.82. The largest absolute Gasteiger partial charge is 0.462 e. The van der Waals surface area contributed by atoms with Gasteiger partial charge in [0.25, 0.3) is 5.91 Å². The molecule has 5 heterocycles. The molecule has 0 radical (unpaired) electrons. The maximum Gasteiger partial charge on any atom is 0.350 e. The third kappa shape index (κ3) is 6.51. The van der Waals surface area contributed by atoms with Gasteiger partial charge in [0.15, 0.2) is 5.13 Å². The Morgan fingerprint density at radius 3 is 2.50 bits per heavy atom. The summed E-state index contributed by atoms with van der Waals surface area (Å²) in [6.07, 6.45) is 7.21. The third-order valence-electron chi connectivity index (χ3n) is 7.45. The van der Waals surface area contributed by atoms with Crippen LogP contribution in [-0.4, -0.2) is 83.4 Å². The highest BCUT2D eigenvalue weighted by atomic mass is 35.5. The first-order valence-corrected chi connectivity index (χ1v) is 15.8. The van der Waals surface area contributed by atoms with Crippen LogP contribution >= 0.6 is 34.5 Å². The summed E-state index contributed by atoms with van der Waals surface area (Å²) >= 11 is 13.7. The van der Waals surface area contributed by atoms with Gasteiger partial charge in [-0.2, -0.15) is 0 Å². The van der Waals surface area contributed by atoms with Gasteiger partial charge in [-0.25, -0.2) is 19.7 Å². The number of halogens is 2. The van der Waals surface area contributed by atoms with Gasteiger partial charge in [-0.05, 0) is 46.5 Å². The van der Waals surface area contributed by atoms with Crippen LogP contribution in [-0.2, 0) is 9.47 Å². The van der Waals surface area contributed by atoms with Gasteiger partial charge in [-0.3, -0.25) is 4.79 Å². The van der Waals surface area contributed by atoms with Crippen molar-refractivity contribution < 1.29 is 19.1 Å². The number of hydrogen-bond acceptors (Lipinski definition) is 10. The fourth-order valence-electron chi connectivity index (χ4n) is 5.29. The molecule has 5 rings (SSSR count). The second kappa shape index (κ2) is 13.6. The van der Waals surface area contributed by atoms with Crippen LogP contribution in [0.25, 0.3) is 11.4 Å². The average molecular weight is 637 g/mol. The van der Waals surface area contributed by atoms with Crippen molar-refractivity contribution in [2.75, 3.05) is 49.2 Å². The molecule has 0 aromatic carbocycles. The number of carbonyl (C=O) groups excluding carboxylic acids is 2. The van der Waals surface area contributed by atoms with Crippen molar-refractivity contribution >= 4 is 57.4 Å². The van der Waals surface area contributed by atoms with Crippen molar-refractivity contribution in [3.8, 4) is 11.4 Å². The van der Waals surface area contributed by atoms with Crippen LogP contribution in [0.1, 0.15) is 65.4 Å². The highest BCUT2D eigenvalue weighted by Crippen LogP contribution is 2.35. The van der Waals surface area contributed by atoms with Crippen molar-refractivity contribution in [3.63, 3.8) is 0 Å². The number of H-pyrrole nitrogens is 1. The number of nitrogens with one attached hydrogen (secondary N) is 2. The molecule has 0 spiro atoms. The first kappa shape index (κ1) is 30.5. The predicted molar refractivity (Wildman–Crippen MR) is 164 cm³/mol. The lowest BCUT2D eigenvalue weighted by Gasteiger charge is -2.38. The summed E-state index contributed by atoms with van der Waals surface area (Å²) in [5, 5.41) is 4.24. The Kier molecular flexibility index (Phi) is 9.87. The molecule has 2 aliphatic heterocycles. The number of amides is 1. The second-order valence-electron chi connectivity index (χ2n) is 10.3. The molecule has 2 fully saturated rings. The molecule has 226 valence electrons. The minimum atomic E-state index is -0.446. The Morgan fingerprint density at radius 2 is 1.86 bits per heavy atom. The SMILES string of the molecule is CCOC(=O)c1sc(N2CCC(NC(=O)c3[nH]c(C)c(Cl)c3Cl)C(OCC)C2)nc1-c1cnc(N2CCCCC2)cn1. The highest BCUT2D eigenvalue weighted by Gasteiger charge is 2.34. The number of anilines is 2. The van der Waals surface area contributed by atoms with E-state index in [2.05, 4.69) is 30.1 Å². The van der Waals surface area contributed by atoms with Gasteiger partial charge >= 0.3 is 5.97 Å². The topological polar surface area (TPSA) is 126 Å². The molecule has 2 saturated heterocycles. The Hall–Kier alpha value is -2.93. The van der Waals surface area contributed by atoms with Crippen LogP contribution in [0, 0.1) is 6.92 Å². The zero-order valence-electron chi connectivity index (χ0n) is 23.9. The van der Waals surface area contributed by atoms with Gasteiger partial charge in [0, 0.05) is 38.5 Å². The van der Waals surface area contributed by atoms with Gasteiger partial charge < -0.3 is 29.6 Å². The van der Waals surface area contributed by atoms with E-state index in [0.29, 0.717) is 58.2 Å². The number of rotatable bonds is 9. The number of thiazole rings is 1. The molecule has 2 unspecified atom stereocenters. The second-order valence-corrected chi connectivity index (χ2v) is 12.0. The van der Waals surface area contributed by atoms with E-state index >= 15 is 0 Å². The van der Waals surface area contributed by atoms with Crippen LogP contribution in [0.5, 0.6) is 0 Å². The quantitative estimate of drug-likeness (QED) is 0.308. The smallest absolute Gasteiger partial charge is 0.350 e. The maximum absolute atomic E-state index is 13.0. The van der Waals surface area contributed by atoms with Crippen molar-refractivity contribution in [2.45, 2.75) is 58.6 Å². The minimum absolute atomic E-state index is 0.200. The zero-order chi connectivity index (χ0) is 29.8. The molecule has 0 saturated carbocycles. The number of piperidine rings is 2. The molecule has 3 aromatic heterocycles. The first-order valence-electron chi connectivity index (χ1n) is 14.3. The summed E-state index contributed by atoms with van der Waals surface area (Å²) in [6, 6.07) is -0.260. The molecule has 2 atom stereocenters. The normalized spacial score (nSPS) is 19.2. The van der Waals surface area contributed by atoms with E-state index in [1.54, 1.807) is 26.2 Å². The molecule has 0 bridgehead atoms. The molecule has 42 heavy (non-hydrogen) atoms. The van der Waals surface area contributed by atoms with Gasteiger partial charge in [-0.15, -0.1) is 0 Å². The Labute approximate surface area is 258 Å². The number of carbonyl (C=O) groups is 2. The minimum Gasteiger partial charge on any atom is -0.462 e. The lowest BCUT2D eigenvalue weighted by atomic mass is 10.0. The van der Waals surface area contributed by atoms with E-state index in [0.717, 1.165) is 31.7 Å². The lowest BCUT2D eigenvalue weighted by Crippen LogP contribution is -2.55.